The van der Waals surface area contributed by atoms with E-state index in [1.54, 1.807) is 0 Å². The maximum absolute atomic E-state index is 6.24. The average Bonchev–Trinajstić information content (AvgIpc) is 3.48. The number of fused-ring (bicyclic) bond motifs is 8. The van der Waals surface area contributed by atoms with Gasteiger partial charge in [0.25, 0.3) is 0 Å². The molecule has 1 atom stereocenters. The molecule has 3 heteroatoms. The van der Waals surface area contributed by atoms with Crippen LogP contribution in [0, 0.1) is 0 Å². The van der Waals surface area contributed by atoms with E-state index < -0.39 is 0 Å². The highest BCUT2D eigenvalue weighted by Gasteiger charge is 2.38. The zero-order chi connectivity index (χ0) is 29.2. The Morgan fingerprint density at radius 2 is 1.18 bits per heavy atom. The van der Waals surface area contributed by atoms with E-state index in [-0.39, 0.29) is 6.04 Å². The molecule has 2 aliphatic heterocycles. The molecular formula is C41H28N2O. The van der Waals surface area contributed by atoms with Gasteiger partial charge in [-0.25, -0.2) is 4.99 Å². The van der Waals surface area contributed by atoms with E-state index in [2.05, 4.69) is 151 Å². The topological polar surface area (TPSA) is 24.8 Å². The van der Waals surface area contributed by atoms with Gasteiger partial charge in [-0.05, 0) is 78.8 Å². The molecule has 7 aromatic rings. The smallest absolute Gasteiger partial charge is 0.222 e. The molecule has 2 heterocycles. The molecule has 9 rings (SSSR count). The molecule has 0 bridgehead atoms. The van der Waals surface area contributed by atoms with Crippen LogP contribution in [0.25, 0.3) is 60.3 Å². The summed E-state index contributed by atoms with van der Waals surface area (Å²) >= 11 is 0. The average molecular weight is 565 g/mol. The van der Waals surface area contributed by atoms with Crippen LogP contribution in [0.2, 0.25) is 0 Å². The van der Waals surface area contributed by atoms with Gasteiger partial charge in [0.2, 0.25) is 5.90 Å². The van der Waals surface area contributed by atoms with Gasteiger partial charge in [0, 0.05) is 18.2 Å². The Morgan fingerprint density at radius 1 is 0.545 bits per heavy atom. The number of aliphatic imine (C=N–C) groups is 1. The molecule has 0 radical (unpaired) electrons. The molecule has 1 unspecified atom stereocenters. The lowest BCUT2D eigenvalue weighted by Crippen LogP contribution is -2.31. The first-order valence-corrected chi connectivity index (χ1v) is 15.0. The predicted octanol–water partition coefficient (Wildman–Crippen LogP) is 10.3. The van der Waals surface area contributed by atoms with Gasteiger partial charge in [-0.2, -0.15) is 0 Å². The summed E-state index contributed by atoms with van der Waals surface area (Å²) in [4.78, 5) is 7.12. The molecule has 0 fully saturated rings. The maximum atomic E-state index is 6.24. The second kappa shape index (κ2) is 9.68. The summed E-state index contributed by atoms with van der Waals surface area (Å²) in [7, 11) is 2.14. The van der Waals surface area contributed by atoms with Crippen LogP contribution < -0.4 is 4.74 Å². The molecule has 2 aliphatic rings. The second-order valence-corrected chi connectivity index (χ2v) is 11.6. The van der Waals surface area contributed by atoms with Crippen molar-refractivity contribution in [3.05, 3.63) is 157 Å². The molecule has 0 saturated heterocycles. The Labute approximate surface area is 256 Å². The Hall–Kier alpha value is -5.67. The number of hydrogen-bond donors (Lipinski definition) is 0. The molecular weight excluding hydrogens is 536 g/mol. The maximum Gasteiger partial charge on any atom is 0.222 e. The van der Waals surface area contributed by atoms with Crippen molar-refractivity contribution in [1.82, 2.24) is 4.90 Å². The van der Waals surface area contributed by atoms with Crippen LogP contribution in [0.3, 0.4) is 0 Å². The Balaban J connectivity index is 1.11. The molecule has 3 nitrogen and oxygen atoms in total. The molecule has 0 aliphatic carbocycles. The fourth-order valence-corrected chi connectivity index (χ4v) is 7.05. The van der Waals surface area contributed by atoms with E-state index in [0.717, 1.165) is 22.9 Å². The molecule has 0 aromatic heterocycles. The summed E-state index contributed by atoms with van der Waals surface area (Å²) in [6.07, 6.45) is 1.94. The summed E-state index contributed by atoms with van der Waals surface area (Å²) in [5, 5.41) is 7.51. The van der Waals surface area contributed by atoms with E-state index >= 15 is 0 Å². The van der Waals surface area contributed by atoms with Crippen molar-refractivity contribution >= 4 is 43.9 Å². The van der Waals surface area contributed by atoms with Crippen LogP contribution in [0.1, 0.15) is 17.2 Å². The molecule has 44 heavy (non-hydrogen) atoms. The minimum absolute atomic E-state index is 0.0655. The molecule has 0 N–H and O–H groups in total. The number of benzene rings is 7. The highest BCUT2D eigenvalue weighted by Crippen LogP contribution is 2.46. The van der Waals surface area contributed by atoms with Crippen LogP contribution in [0.4, 0.5) is 0 Å². The van der Waals surface area contributed by atoms with E-state index in [1.807, 2.05) is 6.20 Å². The first-order chi connectivity index (χ1) is 21.7. The summed E-state index contributed by atoms with van der Waals surface area (Å²) in [5.74, 6) is 1.62. The number of ether oxygens (including phenoxy) is 1. The van der Waals surface area contributed by atoms with Crippen LogP contribution in [0.5, 0.6) is 5.75 Å². The lowest BCUT2D eigenvalue weighted by Gasteiger charge is -2.31. The zero-order valence-electron chi connectivity index (χ0n) is 24.2. The SMILES string of the molecule is CN1C(c2cccc(-c3cccc(-c4cc5ccccc5c5ccccc45)c3)c2)=CN=C2Oc3ccc4ccccc4c3C21. The Morgan fingerprint density at radius 3 is 2.00 bits per heavy atom. The monoisotopic (exact) mass is 564 g/mol. The van der Waals surface area contributed by atoms with Crippen molar-refractivity contribution in [3.63, 3.8) is 0 Å². The lowest BCUT2D eigenvalue weighted by molar-refractivity contribution is 0.414. The van der Waals surface area contributed by atoms with Crippen molar-refractivity contribution in [3.8, 4) is 28.0 Å². The first kappa shape index (κ1) is 24.9. The van der Waals surface area contributed by atoms with E-state index in [1.165, 1.54) is 60.1 Å². The van der Waals surface area contributed by atoms with Crippen molar-refractivity contribution in [2.75, 3.05) is 7.05 Å². The van der Waals surface area contributed by atoms with Gasteiger partial charge in [0.15, 0.2) is 0 Å². The Bertz CT molecular complexity index is 2350. The minimum Gasteiger partial charge on any atom is -0.440 e. The van der Waals surface area contributed by atoms with E-state index in [0.29, 0.717) is 0 Å². The van der Waals surface area contributed by atoms with Crippen molar-refractivity contribution < 1.29 is 4.74 Å². The Kier molecular flexibility index (Phi) is 5.48. The van der Waals surface area contributed by atoms with Gasteiger partial charge >= 0.3 is 0 Å². The van der Waals surface area contributed by atoms with Crippen LogP contribution in [-0.2, 0) is 0 Å². The summed E-state index contributed by atoms with van der Waals surface area (Å²) < 4.78 is 6.24. The van der Waals surface area contributed by atoms with Crippen LogP contribution in [-0.4, -0.2) is 17.8 Å². The fraction of sp³-hybridized carbons (Fsp3) is 0.0488. The van der Waals surface area contributed by atoms with Crippen molar-refractivity contribution in [1.29, 1.82) is 0 Å². The second-order valence-electron chi connectivity index (χ2n) is 11.6. The van der Waals surface area contributed by atoms with Crippen LogP contribution >= 0.6 is 0 Å². The van der Waals surface area contributed by atoms with Crippen molar-refractivity contribution in [2.24, 2.45) is 4.99 Å². The number of rotatable bonds is 3. The summed E-state index contributed by atoms with van der Waals surface area (Å²) in [6.45, 7) is 0. The third kappa shape index (κ3) is 3.79. The van der Waals surface area contributed by atoms with Gasteiger partial charge in [0.05, 0.1) is 11.9 Å². The number of likely N-dealkylation sites (N-methyl/N-ethyl adjacent to an activating group) is 1. The molecule has 208 valence electrons. The van der Waals surface area contributed by atoms with Gasteiger partial charge in [-0.1, -0.05) is 115 Å². The third-order valence-electron chi connectivity index (χ3n) is 9.17. The number of nitrogens with zero attached hydrogens (tertiary/aromatic N) is 2. The summed E-state index contributed by atoms with van der Waals surface area (Å²) in [5.41, 5.74) is 8.20. The van der Waals surface area contributed by atoms with Gasteiger partial charge in [0.1, 0.15) is 11.8 Å². The molecule has 0 amide bonds. The van der Waals surface area contributed by atoms with E-state index in [4.69, 9.17) is 9.73 Å². The lowest BCUT2D eigenvalue weighted by atomic mass is 9.91. The minimum atomic E-state index is -0.0655. The summed E-state index contributed by atoms with van der Waals surface area (Å²) in [6, 6.07) is 50.0. The predicted molar refractivity (Wildman–Crippen MR) is 183 cm³/mol. The highest BCUT2D eigenvalue weighted by atomic mass is 16.5. The van der Waals surface area contributed by atoms with E-state index in [9.17, 15) is 0 Å². The third-order valence-corrected chi connectivity index (χ3v) is 9.17. The van der Waals surface area contributed by atoms with Crippen LogP contribution in [0.15, 0.2) is 151 Å². The molecule has 7 aromatic carbocycles. The highest BCUT2D eigenvalue weighted by molar-refractivity contribution is 6.14. The number of hydrogen-bond acceptors (Lipinski definition) is 3. The standard InChI is InChI=1S/C41H28N2O/c1-43-37(25-42-41-40(43)39-33-17-5-2-10-26(33)20-21-38(39)44-41)31-15-9-13-28(23-31)27-12-8-14-29(22-27)36-24-30-11-3-4-16-32(30)34-18-6-7-19-35(34)36/h2-25,40H,1H3. The molecule has 0 saturated carbocycles. The quantitative estimate of drug-likeness (QED) is 0.200. The molecule has 0 spiro atoms. The normalized spacial score (nSPS) is 15.6. The van der Waals surface area contributed by atoms with Gasteiger partial charge < -0.3 is 9.64 Å². The fourth-order valence-electron chi connectivity index (χ4n) is 7.05. The van der Waals surface area contributed by atoms with Crippen molar-refractivity contribution in [2.45, 2.75) is 6.04 Å². The zero-order valence-corrected chi connectivity index (χ0v) is 24.2. The largest absolute Gasteiger partial charge is 0.440 e. The van der Waals surface area contributed by atoms with Gasteiger partial charge in [-0.3, -0.25) is 0 Å². The van der Waals surface area contributed by atoms with Gasteiger partial charge in [-0.15, -0.1) is 0 Å². The first-order valence-electron chi connectivity index (χ1n) is 15.0.